The molecule has 0 radical (unpaired) electrons. The second-order valence-corrected chi connectivity index (χ2v) is 4.14. The highest BCUT2D eigenvalue weighted by Gasteiger charge is 2.49. The maximum Gasteiger partial charge on any atom is 0.329 e. The van der Waals surface area contributed by atoms with E-state index in [1.807, 2.05) is 0 Å². The van der Waals surface area contributed by atoms with Gasteiger partial charge in [0.25, 0.3) is 5.56 Å². The van der Waals surface area contributed by atoms with Gasteiger partial charge in [0.1, 0.15) is 5.54 Å². The predicted octanol–water partition coefficient (Wildman–Crippen LogP) is 1.06. The molecule has 4 heteroatoms. The third-order valence-corrected chi connectivity index (χ3v) is 3.13. The average molecular weight is 207 g/mol. The van der Waals surface area contributed by atoms with Gasteiger partial charge in [0, 0.05) is 12.3 Å². The van der Waals surface area contributed by atoms with Crippen molar-refractivity contribution in [1.29, 1.82) is 0 Å². The number of aliphatic carboxylic acids is 1. The van der Waals surface area contributed by atoms with Gasteiger partial charge in [0.05, 0.1) is 0 Å². The Hall–Kier alpha value is -1.58. The van der Waals surface area contributed by atoms with Crippen LogP contribution in [0, 0.1) is 5.92 Å². The Morgan fingerprint density at radius 1 is 1.53 bits per heavy atom. The van der Waals surface area contributed by atoms with E-state index >= 15 is 0 Å². The number of pyridine rings is 1. The summed E-state index contributed by atoms with van der Waals surface area (Å²) < 4.78 is 1.33. The summed E-state index contributed by atoms with van der Waals surface area (Å²) in [5.41, 5.74) is -1.34. The molecule has 0 aliphatic heterocycles. The molecule has 1 unspecified atom stereocenters. The lowest BCUT2D eigenvalue weighted by Gasteiger charge is -2.27. The van der Waals surface area contributed by atoms with Gasteiger partial charge >= 0.3 is 5.97 Å². The first-order chi connectivity index (χ1) is 7.06. The topological polar surface area (TPSA) is 59.3 Å². The van der Waals surface area contributed by atoms with E-state index < -0.39 is 11.5 Å². The molecule has 0 spiro atoms. The highest BCUT2D eigenvalue weighted by molar-refractivity contribution is 5.77. The van der Waals surface area contributed by atoms with Crippen LogP contribution >= 0.6 is 0 Å². The lowest BCUT2D eigenvalue weighted by atomic mass is 9.95. The first kappa shape index (κ1) is 9.96. The minimum Gasteiger partial charge on any atom is -0.479 e. The normalized spacial score (nSPS) is 19.5. The molecule has 2 rings (SSSR count). The van der Waals surface area contributed by atoms with E-state index in [4.69, 9.17) is 0 Å². The van der Waals surface area contributed by atoms with Gasteiger partial charge in [-0.15, -0.1) is 0 Å². The van der Waals surface area contributed by atoms with Gasteiger partial charge in [0.15, 0.2) is 0 Å². The SMILES string of the molecule is CC(C(=O)O)(C1CC1)n1ccccc1=O. The van der Waals surface area contributed by atoms with Crippen molar-refractivity contribution in [2.45, 2.75) is 25.3 Å². The van der Waals surface area contributed by atoms with Crippen molar-refractivity contribution in [2.75, 3.05) is 0 Å². The van der Waals surface area contributed by atoms with Crippen molar-refractivity contribution < 1.29 is 9.90 Å². The van der Waals surface area contributed by atoms with E-state index in [0.717, 1.165) is 12.8 Å². The lowest BCUT2D eigenvalue weighted by molar-refractivity contribution is -0.148. The number of aromatic nitrogens is 1. The summed E-state index contributed by atoms with van der Waals surface area (Å²) in [4.78, 5) is 22.9. The molecule has 0 bridgehead atoms. The maximum absolute atomic E-state index is 11.6. The van der Waals surface area contributed by atoms with Crippen LogP contribution in [0.2, 0.25) is 0 Å². The van der Waals surface area contributed by atoms with Gasteiger partial charge in [-0.05, 0) is 31.7 Å². The monoisotopic (exact) mass is 207 g/mol. The Labute approximate surface area is 87.2 Å². The van der Waals surface area contributed by atoms with Gasteiger partial charge < -0.3 is 5.11 Å². The van der Waals surface area contributed by atoms with E-state index in [2.05, 4.69) is 0 Å². The summed E-state index contributed by atoms with van der Waals surface area (Å²) in [6.45, 7) is 1.62. The van der Waals surface area contributed by atoms with Crippen LogP contribution in [-0.4, -0.2) is 15.6 Å². The zero-order valence-electron chi connectivity index (χ0n) is 8.51. The highest BCUT2D eigenvalue weighted by Crippen LogP contribution is 2.43. The van der Waals surface area contributed by atoms with Gasteiger partial charge in [-0.25, -0.2) is 4.79 Å². The Balaban J connectivity index is 2.55. The number of carboxylic acids is 1. The molecule has 15 heavy (non-hydrogen) atoms. The first-order valence-corrected chi connectivity index (χ1v) is 4.98. The number of carbonyl (C=O) groups is 1. The molecule has 1 aromatic rings. The fourth-order valence-electron chi connectivity index (χ4n) is 1.93. The minimum atomic E-state index is -1.08. The summed E-state index contributed by atoms with van der Waals surface area (Å²) in [6.07, 6.45) is 3.31. The van der Waals surface area contributed by atoms with E-state index in [9.17, 15) is 14.7 Å². The third-order valence-electron chi connectivity index (χ3n) is 3.13. The number of rotatable bonds is 3. The minimum absolute atomic E-state index is 0.0788. The fourth-order valence-corrected chi connectivity index (χ4v) is 1.93. The Kier molecular flexibility index (Phi) is 2.14. The van der Waals surface area contributed by atoms with Gasteiger partial charge in [-0.2, -0.15) is 0 Å². The van der Waals surface area contributed by atoms with Crippen molar-refractivity contribution in [3.05, 3.63) is 34.7 Å². The molecule has 80 valence electrons. The Bertz CT molecular complexity index is 447. The fraction of sp³-hybridized carbons (Fsp3) is 0.455. The van der Waals surface area contributed by atoms with E-state index in [1.165, 1.54) is 10.6 Å². The van der Waals surface area contributed by atoms with Crippen LogP contribution in [0.4, 0.5) is 0 Å². The van der Waals surface area contributed by atoms with Gasteiger partial charge in [-0.1, -0.05) is 6.07 Å². The molecule has 1 heterocycles. The summed E-state index contributed by atoms with van der Waals surface area (Å²) in [5, 5.41) is 9.26. The van der Waals surface area contributed by atoms with Crippen LogP contribution in [0.3, 0.4) is 0 Å². The Morgan fingerprint density at radius 2 is 2.20 bits per heavy atom. The number of nitrogens with zero attached hydrogens (tertiary/aromatic N) is 1. The molecule has 0 amide bonds. The molecule has 0 saturated heterocycles. The summed E-state index contributed by atoms with van der Waals surface area (Å²) in [6, 6.07) is 4.70. The zero-order chi connectivity index (χ0) is 11.1. The molecule has 1 fully saturated rings. The molecule has 1 saturated carbocycles. The molecule has 0 aromatic carbocycles. The van der Waals surface area contributed by atoms with Gasteiger partial charge in [0.2, 0.25) is 0 Å². The van der Waals surface area contributed by atoms with Gasteiger partial charge in [-0.3, -0.25) is 9.36 Å². The molecule has 1 aliphatic rings. The standard InChI is InChI=1S/C11H13NO3/c1-11(10(14)15,8-5-6-8)12-7-3-2-4-9(12)13/h2-4,7-8H,5-6H2,1H3,(H,14,15). The van der Waals surface area contributed by atoms with Crippen molar-refractivity contribution in [3.63, 3.8) is 0 Å². The van der Waals surface area contributed by atoms with E-state index in [1.54, 1.807) is 25.3 Å². The maximum atomic E-state index is 11.6. The van der Waals surface area contributed by atoms with E-state index in [0.29, 0.717) is 0 Å². The van der Waals surface area contributed by atoms with Crippen LogP contribution in [0.25, 0.3) is 0 Å². The highest BCUT2D eigenvalue weighted by atomic mass is 16.4. The smallest absolute Gasteiger partial charge is 0.329 e. The van der Waals surface area contributed by atoms with Crippen LogP contribution < -0.4 is 5.56 Å². The summed E-state index contributed by atoms with van der Waals surface area (Å²) in [7, 11) is 0. The summed E-state index contributed by atoms with van der Waals surface area (Å²) >= 11 is 0. The molecule has 1 atom stereocenters. The summed E-state index contributed by atoms with van der Waals surface area (Å²) in [5.74, 6) is -0.853. The molecule has 1 aliphatic carbocycles. The van der Waals surface area contributed by atoms with Crippen LogP contribution in [-0.2, 0) is 10.3 Å². The average Bonchev–Trinajstić information content (AvgIpc) is 3.00. The van der Waals surface area contributed by atoms with Crippen LogP contribution in [0.5, 0.6) is 0 Å². The van der Waals surface area contributed by atoms with Crippen molar-refractivity contribution in [2.24, 2.45) is 5.92 Å². The zero-order valence-corrected chi connectivity index (χ0v) is 8.51. The molecule has 4 nitrogen and oxygen atoms in total. The third kappa shape index (κ3) is 1.46. The quantitative estimate of drug-likeness (QED) is 0.806. The number of hydrogen-bond acceptors (Lipinski definition) is 2. The largest absolute Gasteiger partial charge is 0.479 e. The lowest BCUT2D eigenvalue weighted by Crippen LogP contribution is -2.46. The second-order valence-electron chi connectivity index (χ2n) is 4.14. The predicted molar refractivity (Wildman–Crippen MR) is 54.7 cm³/mol. The van der Waals surface area contributed by atoms with Crippen molar-refractivity contribution in [1.82, 2.24) is 4.57 Å². The molecule has 1 aromatic heterocycles. The second kappa shape index (κ2) is 3.22. The number of hydrogen-bond donors (Lipinski definition) is 1. The molecular weight excluding hydrogens is 194 g/mol. The first-order valence-electron chi connectivity index (χ1n) is 4.98. The molecular formula is C11H13NO3. The van der Waals surface area contributed by atoms with Crippen LogP contribution in [0.15, 0.2) is 29.2 Å². The van der Waals surface area contributed by atoms with Crippen LogP contribution in [0.1, 0.15) is 19.8 Å². The van der Waals surface area contributed by atoms with E-state index in [-0.39, 0.29) is 11.5 Å². The van der Waals surface area contributed by atoms with Crippen molar-refractivity contribution in [3.8, 4) is 0 Å². The van der Waals surface area contributed by atoms with Crippen molar-refractivity contribution >= 4 is 5.97 Å². The number of carboxylic acid groups (broad SMARTS) is 1. The Morgan fingerprint density at radius 3 is 2.67 bits per heavy atom. The molecule has 1 N–H and O–H groups in total.